The summed E-state index contributed by atoms with van der Waals surface area (Å²) < 4.78 is 22.2. The fourth-order valence-electron chi connectivity index (χ4n) is 2.12. The van der Waals surface area contributed by atoms with E-state index in [1.54, 1.807) is 4.90 Å². The number of halogens is 1. The minimum Gasteiger partial charge on any atom is -0.325 e. The SMILES string of the molecule is CC1CCN(C(=O)Nc2ccc(S(=O)(=O)Cl)cc2)CC1. The number of urea groups is 1. The summed E-state index contributed by atoms with van der Waals surface area (Å²) in [6.07, 6.45) is 2.02. The third-order valence-corrected chi connectivity index (χ3v) is 4.83. The van der Waals surface area contributed by atoms with Crippen LogP contribution in [-0.4, -0.2) is 32.4 Å². The molecule has 2 rings (SSSR count). The highest BCUT2D eigenvalue weighted by atomic mass is 35.7. The summed E-state index contributed by atoms with van der Waals surface area (Å²) >= 11 is 0. The summed E-state index contributed by atoms with van der Waals surface area (Å²) in [6, 6.07) is 5.64. The van der Waals surface area contributed by atoms with E-state index in [0.717, 1.165) is 25.9 Å². The number of anilines is 1. The number of hydrogen-bond donors (Lipinski definition) is 1. The Morgan fingerprint density at radius 1 is 1.25 bits per heavy atom. The predicted molar refractivity (Wildman–Crippen MR) is 78.5 cm³/mol. The number of hydrogen-bond acceptors (Lipinski definition) is 3. The molecule has 1 saturated heterocycles. The zero-order chi connectivity index (χ0) is 14.8. The zero-order valence-corrected chi connectivity index (χ0v) is 12.7. The van der Waals surface area contributed by atoms with Gasteiger partial charge in [0.25, 0.3) is 9.05 Å². The average molecular weight is 317 g/mol. The molecule has 110 valence electrons. The van der Waals surface area contributed by atoms with Gasteiger partial charge in [0.05, 0.1) is 4.90 Å². The van der Waals surface area contributed by atoms with Crippen LogP contribution in [0.4, 0.5) is 10.5 Å². The monoisotopic (exact) mass is 316 g/mol. The lowest BCUT2D eigenvalue weighted by Gasteiger charge is -2.30. The van der Waals surface area contributed by atoms with E-state index in [4.69, 9.17) is 10.7 Å². The summed E-state index contributed by atoms with van der Waals surface area (Å²) in [5.41, 5.74) is 0.553. The van der Waals surface area contributed by atoms with Gasteiger partial charge in [0.1, 0.15) is 0 Å². The first-order valence-electron chi connectivity index (χ1n) is 6.47. The first kappa shape index (κ1) is 15.1. The van der Waals surface area contributed by atoms with Gasteiger partial charge in [-0.05, 0) is 43.0 Å². The second-order valence-corrected chi connectivity index (χ2v) is 7.63. The van der Waals surface area contributed by atoms with Gasteiger partial charge in [-0.15, -0.1) is 0 Å². The lowest BCUT2D eigenvalue weighted by Crippen LogP contribution is -2.40. The molecule has 1 fully saturated rings. The van der Waals surface area contributed by atoms with Gasteiger partial charge in [-0.2, -0.15) is 0 Å². The second kappa shape index (κ2) is 6.01. The van der Waals surface area contributed by atoms with Crippen LogP contribution in [0.2, 0.25) is 0 Å². The quantitative estimate of drug-likeness (QED) is 0.853. The molecule has 0 unspecified atom stereocenters. The molecule has 0 aliphatic carbocycles. The molecule has 2 amide bonds. The van der Waals surface area contributed by atoms with Gasteiger partial charge >= 0.3 is 6.03 Å². The number of piperidine rings is 1. The van der Waals surface area contributed by atoms with Gasteiger partial charge in [-0.1, -0.05) is 6.92 Å². The minimum absolute atomic E-state index is 0.0176. The van der Waals surface area contributed by atoms with Crippen LogP contribution in [0.1, 0.15) is 19.8 Å². The smallest absolute Gasteiger partial charge is 0.321 e. The van der Waals surface area contributed by atoms with Gasteiger partial charge in [0.15, 0.2) is 0 Å². The fraction of sp³-hybridized carbons (Fsp3) is 0.462. The molecular weight excluding hydrogens is 300 g/mol. The van der Waals surface area contributed by atoms with E-state index in [9.17, 15) is 13.2 Å². The van der Waals surface area contributed by atoms with E-state index in [1.165, 1.54) is 24.3 Å². The predicted octanol–water partition coefficient (Wildman–Crippen LogP) is 2.88. The van der Waals surface area contributed by atoms with Crippen molar-refractivity contribution < 1.29 is 13.2 Å². The Morgan fingerprint density at radius 3 is 2.30 bits per heavy atom. The zero-order valence-electron chi connectivity index (χ0n) is 11.2. The van der Waals surface area contributed by atoms with Gasteiger partial charge in [0, 0.05) is 29.5 Å². The molecule has 1 aromatic rings. The molecule has 0 radical (unpaired) electrons. The van der Waals surface area contributed by atoms with Crippen molar-refractivity contribution in [2.75, 3.05) is 18.4 Å². The average Bonchev–Trinajstić information content (AvgIpc) is 2.39. The number of likely N-dealkylation sites (tertiary alicyclic amines) is 1. The normalized spacial score (nSPS) is 17.0. The Morgan fingerprint density at radius 2 is 1.80 bits per heavy atom. The number of carbonyl (C=O) groups excluding carboxylic acids is 1. The fourth-order valence-corrected chi connectivity index (χ4v) is 2.88. The molecule has 0 spiro atoms. The number of benzene rings is 1. The molecule has 1 aliphatic rings. The highest BCUT2D eigenvalue weighted by Gasteiger charge is 2.20. The minimum atomic E-state index is -3.73. The van der Waals surface area contributed by atoms with Crippen LogP contribution in [0, 0.1) is 5.92 Å². The summed E-state index contributed by atoms with van der Waals surface area (Å²) in [4.78, 5) is 13.8. The Balaban J connectivity index is 1.98. The summed E-state index contributed by atoms with van der Waals surface area (Å²) in [5.74, 6) is 0.660. The van der Waals surface area contributed by atoms with E-state index < -0.39 is 9.05 Å². The lowest BCUT2D eigenvalue weighted by atomic mass is 10.00. The van der Waals surface area contributed by atoms with E-state index >= 15 is 0 Å². The van der Waals surface area contributed by atoms with Crippen molar-refractivity contribution in [2.45, 2.75) is 24.7 Å². The maximum Gasteiger partial charge on any atom is 0.321 e. The standard InChI is InChI=1S/C13H17ClN2O3S/c1-10-6-8-16(9-7-10)13(17)15-11-2-4-12(5-3-11)20(14,18)19/h2-5,10H,6-9H2,1H3,(H,15,17). The van der Waals surface area contributed by atoms with Crippen molar-refractivity contribution in [3.63, 3.8) is 0 Å². The third kappa shape index (κ3) is 3.86. The second-order valence-electron chi connectivity index (χ2n) is 5.06. The Kier molecular flexibility index (Phi) is 4.55. The molecule has 20 heavy (non-hydrogen) atoms. The summed E-state index contributed by atoms with van der Waals surface area (Å²) in [7, 11) is 1.50. The van der Waals surface area contributed by atoms with E-state index in [2.05, 4.69) is 12.2 Å². The molecule has 1 N–H and O–H groups in total. The molecule has 0 bridgehead atoms. The molecular formula is C13H17ClN2O3S. The number of carbonyl (C=O) groups is 1. The Labute approximate surface area is 123 Å². The van der Waals surface area contributed by atoms with Crippen molar-refractivity contribution in [2.24, 2.45) is 5.92 Å². The van der Waals surface area contributed by atoms with Crippen molar-refractivity contribution in [1.29, 1.82) is 0 Å². The van der Waals surface area contributed by atoms with Gasteiger partial charge in [-0.3, -0.25) is 0 Å². The first-order valence-corrected chi connectivity index (χ1v) is 8.78. The van der Waals surface area contributed by atoms with Crippen molar-refractivity contribution in [3.05, 3.63) is 24.3 Å². The van der Waals surface area contributed by atoms with Crippen LogP contribution in [-0.2, 0) is 9.05 Å². The van der Waals surface area contributed by atoms with E-state index in [-0.39, 0.29) is 10.9 Å². The lowest BCUT2D eigenvalue weighted by molar-refractivity contribution is 0.186. The van der Waals surface area contributed by atoms with Crippen molar-refractivity contribution in [1.82, 2.24) is 4.90 Å². The van der Waals surface area contributed by atoms with Crippen LogP contribution in [0.15, 0.2) is 29.2 Å². The number of nitrogens with one attached hydrogen (secondary N) is 1. The molecule has 5 nitrogen and oxygen atoms in total. The number of nitrogens with zero attached hydrogens (tertiary/aromatic N) is 1. The van der Waals surface area contributed by atoms with E-state index in [1.807, 2.05) is 0 Å². The molecule has 1 aliphatic heterocycles. The topological polar surface area (TPSA) is 66.5 Å². The van der Waals surface area contributed by atoms with Crippen LogP contribution < -0.4 is 5.32 Å². The maximum absolute atomic E-state index is 12.0. The van der Waals surface area contributed by atoms with E-state index in [0.29, 0.717) is 11.6 Å². The van der Waals surface area contributed by atoms with Crippen LogP contribution in [0.5, 0.6) is 0 Å². The van der Waals surface area contributed by atoms with Crippen LogP contribution in [0.3, 0.4) is 0 Å². The van der Waals surface area contributed by atoms with Crippen LogP contribution >= 0.6 is 10.7 Å². The summed E-state index contributed by atoms with van der Waals surface area (Å²) in [5, 5.41) is 2.75. The molecule has 0 atom stereocenters. The number of rotatable bonds is 2. The van der Waals surface area contributed by atoms with Gasteiger partial charge in [0.2, 0.25) is 0 Å². The molecule has 1 heterocycles. The Hall–Kier alpha value is -1.27. The number of amides is 2. The largest absolute Gasteiger partial charge is 0.325 e. The third-order valence-electron chi connectivity index (χ3n) is 3.46. The Bertz CT molecular complexity index is 578. The van der Waals surface area contributed by atoms with Crippen molar-refractivity contribution >= 4 is 31.5 Å². The van der Waals surface area contributed by atoms with Crippen LogP contribution in [0.25, 0.3) is 0 Å². The first-order chi connectivity index (χ1) is 9.36. The molecule has 7 heteroatoms. The van der Waals surface area contributed by atoms with Gasteiger partial charge < -0.3 is 10.2 Å². The highest BCUT2D eigenvalue weighted by molar-refractivity contribution is 8.13. The molecule has 1 aromatic carbocycles. The maximum atomic E-state index is 12.0. The summed E-state index contributed by atoms with van der Waals surface area (Å²) in [6.45, 7) is 3.68. The highest BCUT2D eigenvalue weighted by Crippen LogP contribution is 2.19. The van der Waals surface area contributed by atoms with Gasteiger partial charge in [-0.25, -0.2) is 13.2 Å². The molecule has 0 aromatic heterocycles. The van der Waals surface area contributed by atoms with Crippen molar-refractivity contribution in [3.8, 4) is 0 Å². The molecule has 0 saturated carbocycles.